The molecule has 0 bridgehead atoms. The molecule has 0 aromatic heterocycles. The van der Waals surface area contributed by atoms with Gasteiger partial charge in [0.2, 0.25) is 0 Å². The lowest BCUT2D eigenvalue weighted by Crippen LogP contribution is -2.69. The van der Waals surface area contributed by atoms with Crippen LogP contribution in [0.15, 0.2) is 0 Å². The van der Waals surface area contributed by atoms with Crippen molar-refractivity contribution in [1.82, 2.24) is 10.6 Å². The minimum atomic E-state index is -0.454. The first-order valence-corrected chi connectivity index (χ1v) is 11.2. The monoisotopic (exact) mass is 380 g/mol. The van der Waals surface area contributed by atoms with Gasteiger partial charge in [-0.25, -0.2) is 0 Å². The molecule has 3 fully saturated rings. The average molecular weight is 381 g/mol. The third kappa shape index (κ3) is 3.28. The van der Waals surface area contributed by atoms with E-state index in [1.807, 2.05) is 0 Å². The van der Waals surface area contributed by atoms with Gasteiger partial charge in [-0.3, -0.25) is 10.6 Å². The van der Waals surface area contributed by atoms with Crippen molar-refractivity contribution in [1.29, 1.82) is 0 Å². The molecule has 2 aliphatic carbocycles. The zero-order valence-electron chi connectivity index (χ0n) is 18.4. The van der Waals surface area contributed by atoms with Gasteiger partial charge in [-0.1, -0.05) is 27.7 Å². The maximum atomic E-state index is 6.52. The second-order valence-electron chi connectivity index (χ2n) is 10.2. The SMILES string of the molecule is CNC1(NC)OCCC1(C1CC(C)C(N)C(C)C1)C1CC(C)C(N)C(C)C1. The Hall–Kier alpha value is -0.200. The van der Waals surface area contributed by atoms with E-state index < -0.39 is 5.85 Å². The van der Waals surface area contributed by atoms with Crippen molar-refractivity contribution >= 4 is 0 Å². The van der Waals surface area contributed by atoms with Crippen LogP contribution in [0, 0.1) is 40.9 Å². The van der Waals surface area contributed by atoms with E-state index >= 15 is 0 Å². The van der Waals surface area contributed by atoms with Crippen LogP contribution < -0.4 is 22.1 Å². The van der Waals surface area contributed by atoms with Crippen LogP contribution in [0.1, 0.15) is 59.8 Å². The summed E-state index contributed by atoms with van der Waals surface area (Å²) < 4.78 is 6.47. The first kappa shape index (κ1) is 21.5. The van der Waals surface area contributed by atoms with Crippen molar-refractivity contribution in [2.24, 2.45) is 52.4 Å². The summed E-state index contributed by atoms with van der Waals surface area (Å²) >= 11 is 0. The van der Waals surface area contributed by atoms with Gasteiger partial charge in [0.1, 0.15) is 0 Å². The molecule has 27 heavy (non-hydrogen) atoms. The maximum Gasteiger partial charge on any atom is 0.180 e. The van der Waals surface area contributed by atoms with E-state index in [2.05, 4.69) is 52.4 Å². The summed E-state index contributed by atoms with van der Waals surface area (Å²) in [4.78, 5) is 0. The first-order chi connectivity index (χ1) is 12.7. The van der Waals surface area contributed by atoms with Gasteiger partial charge in [-0.2, -0.15) is 0 Å². The molecule has 0 aromatic carbocycles. The fourth-order valence-corrected chi connectivity index (χ4v) is 7.31. The quantitative estimate of drug-likeness (QED) is 0.563. The Morgan fingerprint density at radius 3 is 1.44 bits per heavy atom. The Bertz CT molecular complexity index is 455. The molecule has 1 heterocycles. The molecule has 3 aliphatic rings. The van der Waals surface area contributed by atoms with Gasteiger partial charge in [-0.05, 0) is 81.7 Å². The van der Waals surface area contributed by atoms with Crippen LogP contribution in [0.25, 0.3) is 0 Å². The van der Waals surface area contributed by atoms with Crippen LogP contribution in [0.4, 0.5) is 0 Å². The summed E-state index contributed by atoms with van der Waals surface area (Å²) in [6.45, 7) is 10.2. The number of rotatable bonds is 4. The summed E-state index contributed by atoms with van der Waals surface area (Å²) in [5, 5.41) is 7.20. The number of nitrogens with two attached hydrogens (primary N) is 2. The molecule has 158 valence electrons. The van der Waals surface area contributed by atoms with Crippen molar-refractivity contribution in [2.75, 3.05) is 20.7 Å². The summed E-state index contributed by atoms with van der Waals surface area (Å²) in [5.74, 6) is 3.01. The largest absolute Gasteiger partial charge is 0.347 e. The molecule has 0 amide bonds. The molecular formula is C22H44N4O. The van der Waals surface area contributed by atoms with Crippen LogP contribution in [0.2, 0.25) is 0 Å². The molecule has 5 heteroatoms. The van der Waals surface area contributed by atoms with E-state index in [9.17, 15) is 0 Å². The molecule has 1 saturated heterocycles. The fraction of sp³-hybridized carbons (Fsp3) is 1.00. The third-order valence-corrected chi connectivity index (χ3v) is 8.90. The lowest BCUT2D eigenvalue weighted by atomic mass is 9.51. The topological polar surface area (TPSA) is 85.3 Å². The summed E-state index contributed by atoms with van der Waals surface area (Å²) in [5.41, 5.74) is 13.1. The molecule has 0 radical (unpaired) electrons. The standard InChI is InChI=1S/C22H44N4O/c1-13-9-17(10-14(2)19(13)23)21(7-8-27-22(21,25-5)26-6)18-11-15(3)20(24)16(4)12-18/h13-20,25-26H,7-12,23-24H2,1-6H3. The van der Waals surface area contributed by atoms with Gasteiger partial charge in [-0.15, -0.1) is 0 Å². The molecule has 3 rings (SSSR count). The normalized spacial score (nSPS) is 50.7. The molecule has 4 atom stereocenters. The Labute approximate surface area is 166 Å². The zero-order valence-corrected chi connectivity index (χ0v) is 18.4. The zero-order chi connectivity index (χ0) is 20.0. The number of hydrogen-bond donors (Lipinski definition) is 4. The second-order valence-corrected chi connectivity index (χ2v) is 10.2. The second kappa shape index (κ2) is 7.91. The number of nitrogens with one attached hydrogen (secondary N) is 2. The van der Waals surface area contributed by atoms with E-state index in [0.29, 0.717) is 47.6 Å². The Kier molecular flexibility index (Phi) is 6.30. The Morgan fingerprint density at radius 2 is 1.11 bits per heavy atom. The molecule has 6 N–H and O–H groups in total. The molecular weight excluding hydrogens is 336 g/mol. The van der Waals surface area contributed by atoms with Crippen LogP contribution in [-0.2, 0) is 4.74 Å². The van der Waals surface area contributed by atoms with Gasteiger partial charge in [0.05, 0.1) is 6.61 Å². The minimum Gasteiger partial charge on any atom is -0.347 e. The van der Waals surface area contributed by atoms with E-state index in [0.717, 1.165) is 13.0 Å². The van der Waals surface area contributed by atoms with Gasteiger partial charge >= 0.3 is 0 Å². The van der Waals surface area contributed by atoms with E-state index in [1.165, 1.54) is 25.7 Å². The van der Waals surface area contributed by atoms with Gasteiger partial charge in [0.25, 0.3) is 0 Å². The highest BCUT2D eigenvalue weighted by atomic mass is 16.5. The maximum absolute atomic E-state index is 6.52. The van der Waals surface area contributed by atoms with Crippen LogP contribution in [-0.4, -0.2) is 38.6 Å². The van der Waals surface area contributed by atoms with E-state index in [1.54, 1.807) is 0 Å². The van der Waals surface area contributed by atoms with Gasteiger partial charge < -0.3 is 16.2 Å². The van der Waals surface area contributed by atoms with E-state index in [4.69, 9.17) is 16.2 Å². The van der Waals surface area contributed by atoms with Gasteiger partial charge in [0, 0.05) is 17.5 Å². The molecule has 0 aromatic rings. The van der Waals surface area contributed by atoms with Crippen molar-refractivity contribution < 1.29 is 4.74 Å². The lowest BCUT2D eigenvalue weighted by Gasteiger charge is -2.58. The summed E-state index contributed by atoms with van der Waals surface area (Å²) in [6.07, 6.45) is 5.92. The molecule has 0 spiro atoms. The molecule has 5 nitrogen and oxygen atoms in total. The van der Waals surface area contributed by atoms with Crippen molar-refractivity contribution in [3.05, 3.63) is 0 Å². The van der Waals surface area contributed by atoms with Crippen LogP contribution in [0.5, 0.6) is 0 Å². The van der Waals surface area contributed by atoms with Crippen molar-refractivity contribution in [3.63, 3.8) is 0 Å². The van der Waals surface area contributed by atoms with E-state index in [-0.39, 0.29) is 5.41 Å². The van der Waals surface area contributed by atoms with Crippen molar-refractivity contribution in [2.45, 2.75) is 77.7 Å². The van der Waals surface area contributed by atoms with Crippen molar-refractivity contribution in [3.8, 4) is 0 Å². The highest BCUT2D eigenvalue weighted by Crippen LogP contribution is 2.60. The smallest absolute Gasteiger partial charge is 0.180 e. The highest BCUT2D eigenvalue weighted by Gasteiger charge is 2.64. The molecule has 2 saturated carbocycles. The van der Waals surface area contributed by atoms with Gasteiger partial charge in [0.15, 0.2) is 5.85 Å². The lowest BCUT2D eigenvalue weighted by molar-refractivity contribution is -0.175. The summed E-state index contributed by atoms with van der Waals surface area (Å²) in [7, 11) is 4.11. The predicted molar refractivity (Wildman–Crippen MR) is 112 cm³/mol. The summed E-state index contributed by atoms with van der Waals surface area (Å²) in [6, 6.07) is 0.633. The van der Waals surface area contributed by atoms with Crippen LogP contribution in [0.3, 0.4) is 0 Å². The molecule has 1 aliphatic heterocycles. The van der Waals surface area contributed by atoms with Crippen LogP contribution >= 0.6 is 0 Å². The highest BCUT2D eigenvalue weighted by molar-refractivity contribution is 5.10. The third-order valence-electron chi connectivity index (χ3n) is 8.90. The Balaban J connectivity index is 2.03. The molecule has 4 unspecified atom stereocenters. The number of hydrogen-bond acceptors (Lipinski definition) is 5. The predicted octanol–water partition coefficient (Wildman–Crippen LogP) is 2.50. The first-order valence-electron chi connectivity index (χ1n) is 11.2. The fourth-order valence-electron chi connectivity index (χ4n) is 7.31. The minimum absolute atomic E-state index is 0.0851. The Morgan fingerprint density at radius 1 is 0.741 bits per heavy atom. The number of ether oxygens (including phenoxy) is 1. The average Bonchev–Trinajstić information content (AvgIpc) is 3.04.